The number of ether oxygens (including phenoxy) is 1. The lowest BCUT2D eigenvalue weighted by atomic mass is 9.99. The smallest absolute Gasteiger partial charge is 0.222 e. The number of methoxy groups -OCH3 is 1. The average Bonchev–Trinajstić information content (AvgIpc) is 3.27. The fourth-order valence-corrected chi connectivity index (χ4v) is 5.29. The highest BCUT2D eigenvalue weighted by molar-refractivity contribution is 5.76. The molecule has 1 aromatic carbocycles. The van der Waals surface area contributed by atoms with Gasteiger partial charge in [0.15, 0.2) is 0 Å². The third kappa shape index (κ3) is 4.45. The van der Waals surface area contributed by atoms with Crippen LogP contribution in [-0.4, -0.2) is 68.1 Å². The molecule has 1 amide bonds. The van der Waals surface area contributed by atoms with Gasteiger partial charge in [0, 0.05) is 51.7 Å². The van der Waals surface area contributed by atoms with Gasteiger partial charge < -0.3 is 14.5 Å². The first kappa shape index (κ1) is 19.6. The summed E-state index contributed by atoms with van der Waals surface area (Å²) in [4.78, 5) is 20.0. The van der Waals surface area contributed by atoms with Crippen molar-refractivity contribution < 1.29 is 9.53 Å². The molecule has 4 rings (SSSR count). The highest BCUT2D eigenvalue weighted by Gasteiger charge is 2.31. The number of nitrogens with zero attached hydrogens (tertiary/aromatic N) is 3. The molecule has 2 heterocycles. The van der Waals surface area contributed by atoms with Crippen molar-refractivity contribution in [2.45, 2.75) is 51.0 Å². The van der Waals surface area contributed by atoms with Crippen molar-refractivity contribution >= 4 is 11.6 Å². The molecule has 1 aromatic rings. The maximum Gasteiger partial charge on any atom is 0.222 e. The molecule has 154 valence electrons. The first-order chi connectivity index (χ1) is 13.7. The molecule has 0 N–H and O–H groups in total. The molecular formula is C23H35N3O2. The predicted octanol–water partition coefficient (Wildman–Crippen LogP) is 3.39. The molecule has 0 bridgehead atoms. The van der Waals surface area contributed by atoms with Crippen molar-refractivity contribution in [3.8, 4) is 5.75 Å². The molecule has 0 aromatic heterocycles. The summed E-state index contributed by atoms with van der Waals surface area (Å²) >= 11 is 0. The molecule has 5 nitrogen and oxygen atoms in total. The number of piperidine rings is 1. The Kier molecular flexibility index (Phi) is 6.40. The molecule has 1 aliphatic carbocycles. The fraction of sp³-hybridized carbons (Fsp3) is 0.696. The lowest BCUT2D eigenvalue weighted by Gasteiger charge is -2.44. The monoisotopic (exact) mass is 385 g/mol. The molecule has 2 saturated heterocycles. The Morgan fingerprint density at radius 3 is 2.50 bits per heavy atom. The minimum Gasteiger partial charge on any atom is -0.495 e. The normalized spacial score (nSPS) is 24.5. The van der Waals surface area contributed by atoms with Gasteiger partial charge in [-0.3, -0.25) is 9.69 Å². The maximum atomic E-state index is 12.8. The molecule has 1 unspecified atom stereocenters. The summed E-state index contributed by atoms with van der Waals surface area (Å²) in [5.41, 5.74) is 1.20. The number of hydrogen-bond acceptors (Lipinski definition) is 4. The van der Waals surface area contributed by atoms with Gasteiger partial charge in [-0.25, -0.2) is 0 Å². The summed E-state index contributed by atoms with van der Waals surface area (Å²) in [6, 6.07) is 8.83. The Hall–Kier alpha value is -1.75. The Labute approximate surface area is 169 Å². The molecule has 1 atom stereocenters. The van der Waals surface area contributed by atoms with E-state index in [1.807, 2.05) is 12.1 Å². The number of anilines is 1. The van der Waals surface area contributed by atoms with E-state index in [0.29, 0.717) is 17.9 Å². The minimum atomic E-state index is 0.407. The van der Waals surface area contributed by atoms with Crippen LogP contribution in [0.25, 0.3) is 0 Å². The predicted molar refractivity (Wildman–Crippen MR) is 113 cm³/mol. The van der Waals surface area contributed by atoms with Crippen molar-refractivity contribution in [2.75, 3.05) is 51.3 Å². The number of likely N-dealkylation sites (tertiary alicyclic amines) is 1. The number of benzene rings is 1. The van der Waals surface area contributed by atoms with Crippen LogP contribution >= 0.6 is 0 Å². The number of amides is 1. The largest absolute Gasteiger partial charge is 0.495 e. The zero-order valence-electron chi connectivity index (χ0n) is 17.3. The summed E-state index contributed by atoms with van der Waals surface area (Å²) < 4.78 is 5.54. The maximum absolute atomic E-state index is 12.8. The SMILES string of the molecule is COc1ccccc1N1CCN(C2CCCN(C(=O)CC3CCCC3)C2)CC1. The second-order valence-corrected chi connectivity index (χ2v) is 8.69. The third-order valence-corrected chi connectivity index (χ3v) is 6.94. The van der Waals surface area contributed by atoms with E-state index in [1.165, 1.54) is 37.8 Å². The molecule has 3 aliphatic rings. The molecule has 28 heavy (non-hydrogen) atoms. The van der Waals surface area contributed by atoms with Gasteiger partial charge in [-0.2, -0.15) is 0 Å². The van der Waals surface area contributed by atoms with Crippen LogP contribution in [0.2, 0.25) is 0 Å². The third-order valence-electron chi connectivity index (χ3n) is 6.94. The fourth-order valence-electron chi connectivity index (χ4n) is 5.29. The first-order valence-electron chi connectivity index (χ1n) is 11.1. The zero-order chi connectivity index (χ0) is 19.3. The summed E-state index contributed by atoms with van der Waals surface area (Å²) in [6.45, 7) is 6.06. The van der Waals surface area contributed by atoms with E-state index in [1.54, 1.807) is 7.11 Å². The number of carbonyl (C=O) groups is 1. The Bertz CT molecular complexity index is 651. The van der Waals surface area contributed by atoms with Crippen LogP contribution in [0.3, 0.4) is 0 Å². The quantitative estimate of drug-likeness (QED) is 0.778. The number of para-hydroxylation sites is 2. The molecule has 2 aliphatic heterocycles. The summed E-state index contributed by atoms with van der Waals surface area (Å²) in [7, 11) is 1.74. The highest BCUT2D eigenvalue weighted by Crippen LogP contribution is 2.30. The molecule has 0 spiro atoms. The van der Waals surface area contributed by atoms with E-state index in [-0.39, 0.29) is 0 Å². The van der Waals surface area contributed by atoms with Crippen molar-refractivity contribution in [3.63, 3.8) is 0 Å². The number of rotatable bonds is 5. The summed E-state index contributed by atoms with van der Waals surface area (Å²) in [5.74, 6) is 2.01. The van der Waals surface area contributed by atoms with Crippen LogP contribution in [0, 0.1) is 5.92 Å². The van der Waals surface area contributed by atoms with Crippen molar-refractivity contribution in [1.29, 1.82) is 0 Å². The summed E-state index contributed by atoms with van der Waals surface area (Å²) in [6.07, 6.45) is 8.31. The number of piperazine rings is 1. The van der Waals surface area contributed by atoms with Crippen LogP contribution in [0.4, 0.5) is 5.69 Å². The van der Waals surface area contributed by atoms with Gasteiger partial charge in [0.2, 0.25) is 5.91 Å². The van der Waals surface area contributed by atoms with Gasteiger partial charge in [0.05, 0.1) is 12.8 Å². The number of hydrogen-bond donors (Lipinski definition) is 0. The van der Waals surface area contributed by atoms with Gasteiger partial charge in [0.1, 0.15) is 5.75 Å². The zero-order valence-corrected chi connectivity index (χ0v) is 17.3. The van der Waals surface area contributed by atoms with E-state index in [0.717, 1.165) is 57.9 Å². The van der Waals surface area contributed by atoms with Gasteiger partial charge in [0.25, 0.3) is 0 Å². The molecule has 5 heteroatoms. The molecule has 0 radical (unpaired) electrons. The topological polar surface area (TPSA) is 36.0 Å². The van der Waals surface area contributed by atoms with Gasteiger partial charge in [-0.05, 0) is 43.7 Å². The molecular weight excluding hydrogens is 350 g/mol. The second-order valence-electron chi connectivity index (χ2n) is 8.69. The second kappa shape index (κ2) is 9.17. The van der Waals surface area contributed by atoms with Crippen LogP contribution in [0.5, 0.6) is 5.75 Å². The van der Waals surface area contributed by atoms with E-state index in [2.05, 4.69) is 26.8 Å². The lowest BCUT2D eigenvalue weighted by molar-refractivity contribution is -0.134. The lowest BCUT2D eigenvalue weighted by Crippen LogP contribution is -2.56. The molecule has 3 fully saturated rings. The first-order valence-corrected chi connectivity index (χ1v) is 11.1. The van der Waals surface area contributed by atoms with Gasteiger partial charge in [-0.15, -0.1) is 0 Å². The molecule has 1 saturated carbocycles. The minimum absolute atomic E-state index is 0.407. The van der Waals surface area contributed by atoms with Crippen LogP contribution in [0.15, 0.2) is 24.3 Å². The van der Waals surface area contributed by atoms with Crippen molar-refractivity contribution in [2.24, 2.45) is 5.92 Å². The number of carbonyl (C=O) groups excluding carboxylic acids is 1. The van der Waals surface area contributed by atoms with E-state index in [4.69, 9.17) is 4.74 Å². The van der Waals surface area contributed by atoms with Crippen molar-refractivity contribution in [3.05, 3.63) is 24.3 Å². The Morgan fingerprint density at radius 1 is 1.00 bits per heavy atom. The van der Waals surface area contributed by atoms with Gasteiger partial charge >= 0.3 is 0 Å². The van der Waals surface area contributed by atoms with Gasteiger partial charge in [-0.1, -0.05) is 25.0 Å². The van der Waals surface area contributed by atoms with E-state index in [9.17, 15) is 4.79 Å². The Balaban J connectivity index is 1.29. The summed E-state index contributed by atoms with van der Waals surface area (Å²) in [5, 5.41) is 0. The standard InChI is InChI=1S/C23H35N3O2/c1-28-22-11-5-4-10-21(22)25-15-13-24(14-16-25)20-9-6-12-26(18-20)23(27)17-19-7-2-3-8-19/h4-5,10-11,19-20H,2-3,6-9,12-18H2,1H3. The van der Waals surface area contributed by atoms with Crippen molar-refractivity contribution in [1.82, 2.24) is 9.80 Å². The van der Waals surface area contributed by atoms with Crippen LogP contribution in [0.1, 0.15) is 44.9 Å². The van der Waals surface area contributed by atoms with E-state index < -0.39 is 0 Å². The Morgan fingerprint density at radius 2 is 1.75 bits per heavy atom. The van der Waals surface area contributed by atoms with Crippen LogP contribution in [-0.2, 0) is 4.79 Å². The van der Waals surface area contributed by atoms with E-state index >= 15 is 0 Å². The van der Waals surface area contributed by atoms with Crippen LogP contribution < -0.4 is 9.64 Å². The average molecular weight is 386 g/mol. The highest BCUT2D eigenvalue weighted by atomic mass is 16.5.